The van der Waals surface area contributed by atoms with Crippen molar-refractivity contribution in [2.45, 2.75) is 13.0 Å². The van der Waals surface area contributed by atoms with Gasteiger partial charge < -0.3 is 5.32 Å². The second-order valence-electron chi connectivity index (χ2n) is 3.79. The van der Waals surface area contributed by atoms with Crippen LogP contribution in [0.5, 0.6) is 0 Å². The molecule has 1 nitrogen and oxygen atoms in total. The first kappa shape index (κ1) is 14.5. The zero-order valence-electron chi connectivity index (χ0n) is 9.31. The number of thiophene rings is 1. The molecule has 1 unspecified atom stereocenters. The Bertz CT molecular complexity index is 547. The van der Waals surface area contributed by atoms with Gasteiger partial charge in [0.1, 0.15) is 0 Å². The van der Waals surface area contributed by atoms with Crippen molar-refractivity contribution < 1.29 is 0 Å². The first-order valence-corrected chi connectivity index (χ1v) is 7.93. The van der Waals surface area contributed by atoms with Gasteiger partial charge in [0.05, 0.1) is 20.1 Å². The number of halogens is 4. The third kappa shape index (κ3) is 3.34. The van der Waals surface area contributed by atoms with Crippen LogP contribution in [0.15, 0.2) is 28.1 Å². The number of rotatable bonds is 3. The van der Waals surface area contributed by atoms with Crippen molar-refractivity contribution in [1.29, 1.82) is 0 Å². The maximum Gasteiger partial charge on any atom is 0.0931 e. The van der Waals surface area contributed by atoms with Crippen LogP contribution in [0.2, 0.25) is 14.4 Å². The lowest BCUT2D eigenvalue weighted by atomic mass is 10.1. The Labute approximate surface area is 133 Å². The molecule has 1 atom stereocenters. The van der Waals surface area contributed by atoms with Crippen LogP contribution in [0, 0.1) is 0 Å². The summed E-state index contributed by atoms with van der Waals surface area (Å²) in [7, 11) is 0. The van der Waals surface area contributed by atoms with Gasteiger partial charge in [-0.25, -0.2) is 0 Å². The molecule has 0 bridgehead atoms. The first-order valence-electron chi connectivity index (χ1n) is 5.12. The molecule has 1 aromatic heterocycles. The summed E-state index contributed by atoms with van der Waals surface area (Å²) in [6, 6.07) is 5.64. The highest BCUT2D eigenvalue weighted by Gasteiger charge is 2.13. The predicted octanol–water partition coefficient (Wildman–Crippen LogP) is 6.64. The van der Waals surface area contributed by atoms with E-state index >= 15 is 0 Å². The van der Waals surface area contributed by atoms with Crippen LogP contribution in [0.3, 0.4) is 0 Å². The molecule has 0 fully saturated rings. The molecule has 0 aliphatic rings. The van der Waals surface area contributed by atoms with E-state index < -0.39 is 0 Å². The monoisotopic (exact) mass is 383 g/mol. The van der Waals surface area contributed by atoms with Crippen LogP contribution in [0.1, 0.15) is 18.5 Å². The van der Waals surface area contributed by atoms with Crippen molar-refractivity contribution in [1.82, 2.24) is 0 Å². The molecule has 1 N–H and O–H groups in total. The Hall–Kier alpha value is 0.0700. The van der Waals surface area contributed by atoms with Gasteiger partial charge in [0.25, 0.3) is 0 Å². The number of nitrogens with one attached hydrogen (secondary N) is 1. The Morgan fingerprint density at radius 2 is 1.78 bits per heavy atom. The summed E-state index contributed by atoms with van der Waals surface area (Å²) in [5.74, 6) is 0. The normalized spacial score (nSPS) is 12.5. The highest BCUT2D eigenvalue weighted by atomic mass is 79.9. The van der Waals surface area contributed by atoms with E-state index in [0.717, 1.165) is 20.1 Å². The minimum atomic E-state index is 0.0879. The maximum absolute atomic E-state index is 6.17. The first-order chi connectivity index (χ1) is 8.47. The minimum absolute atomic E-state index is 0.0879. The molecule has 0 radical (unpaired) electrons. The summed E-state index contributed by atoms with van der Waals surface area (Å²) in [4.78, 5) is 0. The van der Waals surface area contributed by atoms with Gasteiger partial charge in [-0.3, -0.25) is 0 Å². The third-order valence-corrected chi connectivity index (χ3v) is 4.62. The predicted molar refractivity (Wildman–Crippen MR) is 85.5 cm³/mol. The average Bonchev–Trinajstić information content (AvgIpc) is 2.70. The molecule has 0 saturated heterocycles. The van der Waals surface area contributed by atoms with Crippen LogP contribution in [0.4, 0.5) is 5.69 Å². The van der Waals surface area contributed by atoms with E-state index in [-0.39, 0.29) is 6.04 Å². The van der Waals surface area contributed by atoms with Crippen LogP contribution < -0.4 is 5.32 Å². The third-order valence-electron chi connectivity index (χ3n) is 2.46. The van der Waals surface area contributed by atoms with Crippen molar-refractivity contribution in [3.05, 3.63) is 48.0 Å². The molecule has 2 aromatic rings. The Morgan fingerprint density at radius 1 is 1.17 bits per heavy atom. The molecule has 96 valence electrons. The molecule has 1 heterocycles. The van der Waals surface area contributed by atoms with Gasteiger partial charge in [0.15, 0.2) is 0 Å². The maximum atomic E-state index is 6.17. The number of benzene rings is 1. The molecule has 0 spiro atoms. The van der Waals surface area contributed by atoms with E-state index in [1.165, 1.54) is 11.3 Å². The Morgan fingerprint density at radius 3 is 2.28 bits per heavy atom. The van der Waals surface area contributed by atoms with Crippen molar-refractivity contribution in [3.63, 3.8) is 0 Å². The van der Waals surface area contributed by atoms with Crippen molar-refractivity contribution in [2.75, 3.05) is 5.32 Å². The van der Waals surface area contributed by atoms with Crippen molar-refractivity contribution in [3.8, 4) is 0 Å². The van der Waals surface area contributed by atoms with Gasteiger partial charge in [-0.15, -0.1) is 11.3 Å². The average molecular weight is 386 g/mol. The fraction of sp³-hybridized carbons (Fsp3) is 0.167. The number of hydrogen-bond acceptors (Lipinski definition) is 2. The van der Waals surface area contributed by atoms with Crippen LogP contribution in [-0.2, 0) is 0 Å². The lowest BCUT2D eigenvalue weighted by molar-refractivity contribution is 0.891. The lowest BCUT2D eigenvalue weighted by Gasteiger charge is -2.17. The van der Waals surface area contributed by atoms with Gasteiger partial charge in [-0.1, -0.05) is 50.7 Å². The second-order valence-corrected chi connectivity index (χ2v) is 7.07. The Balaban J connectivity index is 2.24. The molecule has 18 heavy (non-hydrogen) atoms. The molecule has 0 amide bonds. The SMILES string of the molecule is CC(Nc1c(Cl)cc(Br)cc1Cl)c1csc(Cl)c1. The highest BCUT2D eigenvalue weighted by molar-refractivity contribution is 9.10. The van der Waals surface area contributed by atoms with E-state index in [0.29, 0.717) is 10.0 Å². The van der Waals surface area contributed by atoms with E-state index in [1.807, 2.05) is 30.5 Å². The van der Waals surface area contributed by atoms with Crippen molar-refractivity contribution >= 4 is 67.8 Å². The molecule has 0 aliphatic carbocycles. The van der Waals surface area contributed by atoms with Gasteiger partial charge in [-0.05, 0) is 36.1 Å². The van der Waals surface area contributed by atoms with Crippen LogP contribution in [0.25, 0.3) is 0 Å². The zero-order valence-corrected chi connectivity index (χ0v) is 14.0. The van der Waals surface area contributed by atoms with Gasteiger partial charge >= 0.3 is 0 Å². The molecule has 0 aliphatic heterocycles. The molecule has 2 rings (SSSR count). The summed E-state index contributed by atoms with van der Waals surface area (Å²) < 4.78 is 1.63. The number of anilines is 1. The van der Waals surface area contributed by atoms with E-state index in [9.17, 15) is 0 Å². The van der Waals surface area contributed by atoms with E-state index in [4.69, 9.17) is 34.8 Å². The smallest absolute Gasteiger partial charge is 0.0931 e. The fourth-order valence-corrected chi connectivity index (χ4v) is 3.83. The lowest BCUT2D eigenvalue weighted by Crippen LogP contribution is -2.06. The largest absolute Gasteiger partial charge is 0.376 e. The summed E-state index contributed by atoms with van der Waals surface area (Å²) in [5, 5.41) is 6.48. The zero-order chi connectivity index (χ0) is 13.3. The minimum Gasteiger partial charge on any atom is -0.376 e. The standard InChI is InChI=1S/C12H9BrCl3NS/c1-6(7-2-11(16)18-5-7)17-12-9(14)3-8(13)4-10(12)15/h2-6,17H,1H3. The summed E-state index contributed by atoms with van der Waals surface area (Å²) >= 11 is 23.1. The number of hydrogen-bond donors (Lipinski definition) is 1. The summed E-state index contributed by atoms with van der Waals surface area (Å²) in [6.07, 6.45) is 0. The van der Waals surface area contributed by atoms with Gasteiger partial charge in [0, 0.05) is 10.5 Å². The highest BCUT2D eigenvalue weighted by Crippen LogP contribution is 2.36. The molecule has 1 aromatic carbocycles. The van der Waals surface area contributed by atoms with Gasteiger partial charge in [-0.2, -0.15) is 0 Å². The topological polar surface area (TPSA) is 12.0 Å². The quantitative estimate of drug-likeness (QED) is 0.624. The van der Waals surface area contributed by atoms with E-state index in [2.05, 4.69) is 21.2 Å². The Kier molecular flexibility index (Phi) is 4.84. The van der Waals surface area contributed by atoms with Crippen LogP contribution >= 0.6 is 62.1 Å². The van der Waals surface area contributed by atoms with Crippen molar-refractivity contribution in [2.24, 2.45) is 0 Å². The van der Waals surface area contributed by atoms with E-state index in [1.54, 1.807) is 0 Å². The van der Waals surface area contributed by atoms with Gasteiger partial charge in [0.2, 0.25) is 0 Å². The molecule has 0 saturated carbocycles. The fourth-order valence-electron chi connectivity index (χ4n) is 1.53. The second kappa shape index (κ2) is 6.02. The van der Waals surface area contributed by atoms with Crippen LogP contribution in [-0.4, -0.2) is 0 Å². The molecular formula is C12H9BrCl3NS. The molecular weight excluding hydrogens is 376 g/mol. The molecule has 6 heteroatoms. The summed E-state index contributed by atoms with van der Waals surface area (Å²) in [5.41, 5.74) is 1.84. The summed E-state index contributed by atoms with van der Waals surface area (Å²) in [6.45, 7) is 2.03.